The van der Waals surface area contributed by atoms with Crippen molar-refractivity contribution in [2.24, 2.45) is 28.6 Å². The molecule has 9 atom stereocenters. The van der Waals surface area contributed by atoms with E-state index < -0.39 is 33.5 Å². The molecular weight excluding hydrogens is 427 g/mol. The lowest BCUT2D eigenvalue weighted by molar-refractivity contribution is -0.129. The van der Waals surface area contributed by atoms with Gasteiger partial charge < -0.3 is 9.84 Å². The van der Waals surface area contributed by atoms with Gasteiger partial charge in [0.1, 0.15) is 18.4 Å². The molecule has 5 rings (SSSR count). The van der Waals surface area contributed by atoms with Gasteiger partial charge in [-0.2, -0.15) is 0 Å². The van der Waals surface area contributed by atoms with Crippen LogP contribution >= 0.6 is 15.9 Å². The van der Waals surface area contributed by atoms with Gasteiger partial charge in [-0.15, -0.1) is 0 Å². The quantitative estimate of drug-likeness (QED) is 0.515. The minimum atomic E-state index is -1.18. The Kier molecular flexibility index (Phi) is 3.72. The molecule has 1 aliphatic heterocycles. The first-order valence-corrected chi connectivity index (χ1v) is 11.0. The highest BCUT2D eigenvalue weighted by Crippen LogP contribution is 2.77. The van der Waals surface area contributed by atoms with Crippen LogP contribution in [0.25, 0.3) is 0 Å². The van der Waals surface area contributed by atoms with Crippen molar-refractivity contribution in [2.75, 3.05) is 6.61 Å². The normalized spacial score (nSPS) is 56.3. The van der Waals surface area contributed by atoms with Gasteiger partial charge in [0.25, 0.3) is 0 Å². The van der Waals surface area contributed by atoms with Crippen molar-refractivity contribution in [3.63, 3.8) is 0 Å². The molecule has 3 saturated carbocycles. The van der Waals surface area contributed by atoms with E-state index in [4.69, 9.17) is 4.74 Å². The van der Waals surface area contributed by atoms with Crippen molar-refractivity contribution >= 4 is 27.5 Å². The van der Waals surface area contributed by atoms with Gasteiger partial charge >= 0.3 is 0 Å². The van der Waals surface area contributed by atoms with Gasteiger partial charge in [-0.3, -0.25) is 9.59 Å². The summed E-state index contributed by atoms with van der Waals surface area (Å²) in [6, 6.07) is 0. The van der Waals surface area contributed by atoms with E-state index in [-0.39, 0.29) is 35.4 Å². The molecule has 1 heterocycles. The minimum Gasteiger partial charge on any atom is -0.389 e. The Balaban J connectivity index is 1.63. The van der Waals surface area contributed by atoms with E-state index in [1.165, 1.54) is 6.08 Å². The van der Waals surface area contributed by atoms with Gasteiger partial charge in [0.2, 0.25) is 0 Å². The van der Waals surface area contributed by atoms with Crippen LogP contribution in [0.5, 0.6) is 0 Å². The number of alkyl halides is 2. The number of aliphatic hydroxyl groups excluding tert-OH is 1. The van der Waals surface area contributed by atoms with Gasteiger partial charge in [0.05, 0.1) is 10.4 Å². The monoisotopic (exact) mass is 452 g/mol. The number of carbonyl (C=O) groups is 2. The molecule has 1 spiro atoms. The molecule has 6 heteroatoms. The van der Waals surface area contributed by atoms with Crippen LogP contribution in [0, 0.1) is 28.6 Å². The number of halogens is 2. The first kappa shape index (κ1) is 19.1. The number of fused-ring (bicyclic) bond motifs is 3. The molecule has 0 aromatic heterocycles. The smallest absolute Gasteiger partial charge is 0.178 e. The van der Waals surface area contributed by atoms with Crippen molar-refractivity contribution in [1.82, 2.24) is 0 Å². The molecule has 4 fully saturated rings. The first-order valence-electron chi connectivity index (χ1n) is 10.2. The number of allylic oxidation sites excluding steroid dienone is 2. The number of rotatable bonds is 2. The fourth-order valence-electron chi connectivity index (χ4n) is 7.66. The molecule has 1 N–H and O–H groups in total. The number of hydrogen-bond donors (Lipinski definition) is 1. The Bertz CT molecular complexity index is 853. The summed E-state index contributed by atoms with van der Waals surface area (Å²) in [6.07, 6.45) is 5.40. The van der Waals surface area contributed by atoms with Crippen LogP contribution in [0.2, 0.25) is 0 Å². The number of hydrogen-bond acceptors (Lipinski definition) is 4. The number of carbonyl (C=O) groups excluding carboxylic acids is 2. The summed E-state index contributed by atoms with van der Waals surface area (Å²) in [5.41, 5.74) is -0.988. The average Bonchev–Trinajstić information content (AvgIpc) is 3.34. The highest BCUT2D eigenvalue weighted by molar-refractivity contribution is 9.10. The number of ether oxygens (including phenoxy) is 1. The van der Waals surface area contributed by atoms with Gasteiger partial charge in [0.15, 0.2) is 11.6 Å². The van der Waals surface area contributed by atoms with Crippen LogP contribution in [0.15, 0.2) is 23.8 Å². The third-order valence-electron chi connectivity index (χ3n) is 8.98. The summed E-state index contributed by atoms with van der Waals surface area (Å²) >= 11 is 3.77. The summed E-state index contributed by atoms with van der Waals surface area (Å²) in [4.78, 5) is 24.7. The van der Waals surface area contributed by atoms with Gasteiger partial charge in [-0.1, -0.05) is 35.9 Å². The number of Topliss-reactive ketones (excluding diaryl/α,β-unsaturated/α-hetero) is 1. The van der Waals surface area contributed by atoms with Crippen molar-refractivity contribution in [3.8, 4) is 0 Å². The second-order valence-electron chi connectivity index (χ2n) is 9.90. The van der Waals surface area contributed by atoms with Crippen LogP contribution < -0.4 is 0 Å². The Morgan fingerprint density at radius 1 is 1.36 bits per heavy atom. The number of ketones is 2. The summed E-state index contributed by atoms with van der Waals surface area (Å²) < 4.78 is 20.9. The number of epoxide rings is 1. The molecule has 0 radical (unpaired) electrons. The Morgan fingerprint density at radius 3 is 2.75 bits per heavy atom. The molecule has 0 aromatic rings. The van der Waals surface area contributed by atoms with Crippen molar-refractivity contribution < 1.29 is 23.8 Å². The van der Waals surface area contributed by atoms with Crippen LogP contribution in [-0.2, 0) is 14.3 Å². The lowest BCUT2D eigenvalue weighted by Gasteiger charge is -2.56. The molecule has 0 bridgehead atoms. The van der Waals surface area contributed by atoms with Gasteiger partial charge in [0, 0.05) is 5.41 Å². The molecule has 4 nitrogen and oxygen atoms in total. The number of aliphatic hydroxyl groups is 1. The fraction of sp³-hybridized carbons (Fsp3) is 0.727. The second kappa shape index (κ2) is 5.44. The Hall–Kier alpha value is -0.850. The van der Waals surface area contributed by atoms with Crippen LogP contribution in [0.3, 0.4) is 0 Å². The SMILES string of the molecule is C[C@@H]1C[C@H]2[C@@H]3C[C@@H](F)C4=CC(=O)C=C[C@]4(C)C34OC4C[C@]2(C)[C@@]1(Br)C(=O)CO. The standard InChI is InChI=1S/C22H26BrFO4/c1-11-6-13-14-8-16(24)15-7-12(26)4-5-19(15,2)22(14)18(28-22)9-20(13,3)21(11,23)17(27)10-25/h4-5,7,11,13-14,16,18,25H,6,8-10H2,1-3H3/t11-,13+,14+,16-,18?,19+,20+,21+,22?/m1/s1. The third kappa shape index (κ3) is 1.85. The van der Waals surface area contributed by atoms with Crippen LogP contribution in [-0.4, -0.2) is 45.5 Å². The lowest BCUT2D eigenvalue weighted by atomic mass is 9.47. The maximum Gasteiger partial charge on any atom is 0.178 e. The maximum atomic E-state index is 15.4. The van der Waals surface area contributed by atoms with Gasteiger partial charge in [-0.05, 0) is 67.1 Å². The van der Waals surface area contributed by atoms with Crippen molar-refractivity contribution in [1.29, 1.82) is 0 Å². The molecule has 152 valence electrons. The third-order valence-corrected chi connectivity index (χ3v) is 11.1. The molecule has 4 aliphatic carbocycles. The molecule has 0 aromatic carbocycles. The molecule has 5 aliphatic rings. The average molecular weight is 453 g/mol. The van der Waals surface area contributed by atoms with Crippen molar-refractivity contribution in [2.45, 2.75) is 62.2 Å². The van der Waals surface area contributed by atoms with Crippen LogP contribution in [0.1, 0.15) is 40.0 Å². The zero-order valence-corrected chi connectivity index (χ0v) is 18.0. The van der Waals surface area contributed by atoms with E-state index in [0.29, 0.717) is 18.4 Å². The maximum absolute atomic E-state index is 15.4. The molecule has 1 saturated heterocycles. The van der Waals surface area contributed by atoms with E-state index in [1.54, 1.807) is 6.08 Å². The van der Waals surface area contributed by atoms with E-state index in [1.807, 2.05) is 19.9 Å². The minimum absolute atomic E-state index is 0.0281. The second-order valence-corrected chi connectivity index (χ2v) is 11.2. The lowest BCUT2D eigenvalue weighted by Crippen LogP contribution is -2.61. The fourth-order valence-corrected chi connectivity index (χ4v) is 8.42. The molecule has 0 amide bonds. The Morgan fingerprint density at radius 2 is 2.07 bits per heavy atom. The first-order chi connectivity index (χ1) is 13.1. The summed E-state index contributed by atoms with van der Waals surface area (Å²) in [6.45, 7) is 5.66. The molecule has 2 unspecified atom stereocenters. The molecule has 28 heavy (non-hydrogen) atoms. The van der Waals surface area contributed by atoms with Gasteiger partial charge in [-0.25, -0.2) is 4.39 Å². The van der Waals surface area contributed by atoms with Crippen LogP contribution in [0.4, 0.5) is 4.39 Å². The molecular formula is C22H26BrFO4. The summed E-state index contributed by atoms with van der Waals surface area (Å²) in [7, 11) is 0. The summed E-state index contributed by atoms with van der Waals surface area (Å²) in [5, 5.41) is 9.63. The predicted molar refractivity (Wildman–Crippen MR) is 105 cm³/mol. The zero-order chi connectivity index (χ0) is 20.3. The highest BCUT2D eigenvalue weighted by atomic mass is 79.9. The van der Waals surface area contributed by atoms with E-state index >= 15 is 4.39 Å². The van der Waals surface area contributed by atoms with E-state index in [2.05, 4.69) is 22.9 Å². The predicted octanol–water partition coefficient (Wildman–Crippen LogP) is 3.31. The largest absolute Gasteiger partial charge is 0.389 e. The topological polar surface area (TPSA) is 66.9 Å². The Labute approximate surface area is 172 Å². The summed E-state index contributed by atoms with van der Waals surface area (Å²) in [5.74, 6) is -0.229. The van der Waals surface area contributed by atoms with Crippen molar-refractivity contribution in [3.05, 3.63) is 23.8 Å². The highest BCUT2D eigenvalue weighted by Gasteiger charge is 2.82. The van der Waals surface area contributed by atoms with E-state index in [9.17, 15) is 14.7 Å². The van der Waals surface area contributed by atoms with E-state index in [0.717, 1.165) is 6.42 Å². The zero-order valence-electron chi connectivity index (χ0n) is 16.4.